The number of hydrogen-bond acceptors (Lipinski definition) is 6. The van der Waals surface area contributed by atoms with E-state index in [0.717, 1.165) is 30.3 Å². The number of alkyl halides is 3. The maximum absolute atomic E-state index is 12.9. The van der Waals surface area contributed by atoms with Gasteiger partial charge in [0.1, 0.15) is 18.2 Å². The Bertz CT molecular complexity index is 1110. The molecule has 2 aromatic carbocycles. The molecular weight excluding hydrogens is 421 g/mol. The normalized spacial score (nSPS) is 11.2. The van der Waals surface area contributed by atoms with Crippen LogP contribution in [0.5, 0.6) is 11.5 Å². The molecule has 3 aromatic rings. The molecular formula is C19H15F3N4O5. The van der Waals surface area contributed by atoms with E-state index in [9.17, 15) is 28.1 Å². The molecule has 1 aromatic heterocycles. The van der Waals surface area contributed by atoms with Gasteiger partial charge in [0.15, 0.2) is 5.69 Å². The van der Waals surface area contributed by atoms with Crippen LogP contribution in [-0.4, -0.2) is 27.7 Å². The Kier molecular flexibility index (Phi) is 6.20. The number of benzene rings is 2. The van der Waals surface area contributed by atoms with Gasteiger partial charge in [0.05, 0.1) is 22.2 Å². The molecule has 9 nitrogen and oxygen atoms in total. The molecule has 0 radical (unpaired) electrons. The maximum Gasteiger partial charge on any atom is 0.416 e. The molecule has 0 fully saturated rings. The third-order valence-corrected chi connectivity index (χ3v) is 3.89. The van der Waals surface area contributed by atoms with Gasteiger partial charge in [-0.15, -0.1) is 0 Å². The number of amides is 1. The summed E-state index contributed by atoms with van der Waals surface area (Å²) in [6, 6.07) is 8.84. The fourth-order valence-corrected chi connectivity index (χ4v) is 2.57. The highest BCUT2D eigenvalue weighted by atomic mass is 19.4. The molecule has 1 N–H and O–H groups in total. The van der Waals surface area contributed by atoms with E-state index >= 15 is 0 Å². The van der Waals surface area contributed by atoms with Crippen LogP contribution in [0.4, 0.5) is 24.5 Å². The van der Waals surface area contributed by atoms with Crippen LogP contribution in [0, 0.1) is 10.1 Å². The predicted octanol–water partition coefficient (Wildman–Crippen LogP) is 4.46. The largest absolute Gasteiger partial charge is 0.457 e. The highest BCUT2D eigenvalue weighted by Crippen LogP contribution is 2.34. The van der Waals surface area contributed by atoms with Crippen LogP contribution < -0.4 is 10.1 Å². The van der Waals surface area contributed by atoms with Crippen LogP contribution in [0.1, 0.15) is 16.1 Å². The van der Waals surface area contributed by atoms with Gasteiger partial charge in [-0.05, 0) is 24.3 Å². The molecule has 0 unspecified atom stereocenters. The Morgan fingerprint density at radius 1 is 1.19 bits per heavy atom. The molecule has 162 valence electrons. The van der Waals surface area contributed by atoms with Crippen molar-refractivity contribution < 1.29 is 32.4 Å². The zero-order valence-corrected chi connectivity index (χ0v) is 15.9. The minimum atomic E-state index is -4.58. The lowest BCUT2D eigenvalue weighted by Crippen LogP contribution is -2.14. The topological polar surface area (TPSA) is 109 Å². The number of nitro groups is 1. The highest BCUT2D eigenvalue weighted by Gasteiger charge is 2.30. The molecule has 12 heteroatoms. The van der Waals surface area contributed by atoms with Crippen molar-refractivity contribution >= 4 is 17.3 Å². The molecule has 0 saturated heterocycles. The predicted molar refractivity (Wildman–Crippen MR) is 102 cm³/mol. The number of aromatic nitrogens is 2. The molecule has 0 saturated carbocycles. The number of hydrogen-bond donors (Lipinski definition) is 1. The number of non-ortho nitro benzene ring substituents is 1. The molecule has 0 aliphatic heterocycles. The summed E-state index contributed by atoms with van der Waals surface area (Å²) in [5.41, 5.74) is -1.33. The Labute approximate surface area is 173 Å². The van der Waals surface area contributed by atoms with Gasteiger partial charge in [-0.2, -0.15) is 18.3 Å². The Morgan fingerprint density at radius 3 is 2.65 bits per heavy atom. The van der Waals surface area contributed by atoms with Crippen molar-refractivity contribution in [3.63, 3.8) is 0 Å². The second-order valence-corrected chi connectivity index (χ2v) is 6.21. The van der Waals surface area contributed by atoms with E-state index in [1.807, 2.05) is 0 Å². The fourth-order valence-electron chi connectivity index (χ4n) is 2.57. The number of ether oxygens (including phenoxy) is 2. The van der Waals surface area contributed by atoms with Crippen molar-refractivity contribution in [2.75, 3.05) is 12.4 Å². The van der Waals surface area contributed by atoms with Gasteiger partial charge in [0, 0.05) is 25.4 Å². The van der Waals surface area contributed by atoms with Crippen LogP contribution in [0.2, 0.25) is 0 Å². The van der Waals surface area contributed by atoms with Gasteiger partial charge >= 0.3 is 6.18 Å². The van der Waals surface area contributed by atoms with Gasteiger partial charge in [-0.1, -0.05) is 6.07 Å². The maximum atomic E-state index is 12.9. The van der Waals surface area contributed by atoms with Crippen molar-refractivity contribution in [3.8, 4) is 11.5 Å². The first-order chi connectivity index (χ1) is 14.7. The quantitative estimate of drug-likeness (QED) is 0.433. The van der Waals surface area contributed by atoms with E-state index in [0.29, 0.717) is 0 Å². The van der Waals surface area contributed by atoms with Crippen molar-refractivity contribution in [2.45, 2.75) is 12.9 Å². The molecule has 0 spiro atoms. The standard InChI is InChI=1S/C19H15F3N4O5/c1-30-11-25-6-5-17(24-25)18(27)23-13-8-14(26(28)29)10-16(9-13)31-15-4-2-3-12(7-15)19(20,21)22/h2-10H,11H2,1H3,(H,23,27). The number of nitro benzene ring substituents is 1. The number of anilines is 1. The monoisotopic (exact) mass is 436 g/mol. The first kappa shape index (κ1) is 21.8. The summed E-state index contributed by atoms with van der Waals surface area (Å²) in [5, 5.41) is 17.7. The number of halogens is 3. The molecule has 1 amide bonds. The van der Waals surface area contributed by atoms with E-state index in [1.165, 1.54) is 36.2 Å². The minimum absolute atomic E-state index is 0.00228. The minimum Gasteiger partial charge on any atom is -0.457 e. The zero-order chi connectivity index (χ0) is 22.6. The van der Waals surface area contributed by atoms with Crippen LogP contribution in [0.3, 0.4) is 0 Å². The van der Waals surface area contributed by atoms with Crippen LogP contribution >= 0.6 is 0 Å². The average Bonchev–Trinajstić information content (AvgIpc) is 3.16. The first-order valence-electron chi connectivity index (χ1n) is 8.64. The summed E-state index contributed by atoms with van der Waals surface area (Å²) in [6.07, 6.45) is -3.07. The smallest absolute Gasteiger partial charge is 0.416 e. The van der Waals surface area contributed by atoms with Gasteiger partial charge in [-0.25, -0.2) is 4.68 Å². The lowest BCUT2D eigenvalue weighted by molar-refractivity contribution is -0.384. The molecule has 31 heavy (non-hydrogen) atoms. The Hall–Kier alpha value is -3.93. The number of carbonyl (C=O) groups is 1. The van der Waals surface area contributed by atoms with Gasteiger partial charge in [0.25, 0.3) is 11.6 Å². The highest BCUT2D eigenvalue weighted by molar-refractivity contribution is 6.03. The summed E-state index contributed by atoms with van der Waals surface area (Å²) in [6.45, 7) is 0.124. The molecule has 0 bridgehead atoms. The molecule has 0 atom stereocenters. The number of methoxy groups -OCH3 is 1. The van der Waals surface area contributed by atoms with E-state index in [1.54, 1.807) is 0 Å². The summed E-state index contributed by atoms with van der Waals surface area (Å²) >= 11 is 0. The number of carbonyl (C=O) groups excluding carboxylic acids is 1. The number of rotatable bonds is 7. The van der Waals surface area contributed by atoms with Crippen molar-refractivity contribution in [1.29, 1.82) is 0 Å². The summed E-state index contributed by atoms with van der Waals surface area (Å²) in [7, 11) is 1.45. The number of nitrogens with one attached hydrogen (secondary N) is 1. The summed E-state index contributed by atoms with van der Waals surface area (Å²) < 4.78 is 50.3. The van der Waals surface area contributed by atoms with Crippen LogP contribution in [-0.2, 0) is 17.6 Å². The van der Waals surface area contributed by atoms with E-state index in [-0.39, 0.29) is 29.6 Å². The van der Waals surface area contributed by atoms with Crippen LogP contribution in [0.15, 0.2) is 54.7 Å². The molecule has 0 aliphatic carbocycles. The lowest BCUT2D eigenvalue weighted by Gasteiger charge is -2.11. The van der Waals surface area contributed by atoms with Gasteiger partial charge < -0.3 is 14.8 Å². The second kappa shape index (κ2) is 8.83. The lowest BCUT2D eigenvalue weighted by atomic mass is 10.2. The fraction of sp³-hybridized carbons (Fsp3) is 0.158. The number of nitrogens with zero attached hydrogens (tertiary/aromatic N) is 3. The molecule has 1 heterocycles. The average molecular weight is 436 g/mol. The molecule has 3 rings (SSSR count). The van der Waals surface area contributed by atoms with Gasteiger partial charge in [-0.3, -0.25) is 14.9 Å². The van der Waals surface area contributed by atoms with Gasteiger partial charge in [0.2, 0.25) is 0 Å². The SMILES string of the molecule is COCn1ccc(C(=O)Nc2cc(Oc3cccc(C(F)(F)F)c3)cc([N+](=O)[O-])c2)n1. The second-order valence-electron chi connectivity index (χ2n) is 6.21. The Balaban J connectivity index is 1.85. The van der Waals surface area contributed by atoms with Crippen LogP contribution in [0.25, 0.3) is 0 Å². The van der Waals surface area contributed by atoms with E-state index in [2.05, 4.69) is 10.4 Å². The summed E-state index contributed by atoms with van der Waals surface area (Å²) in [5.74, 6) is -0.958. The zero-order valence-electron chi connectivity index (χ0n) is 15.9. The van der Waals surface area contributed by atoms with Crippen molar-refractivity contribution in [1.82, 2.24) is 9.78 Å². The third kappa shape index (κ3) is 5.57. The van der Waals surface area contributed by atoms with E-state index in [4.69, 9.17) is 9.47 Å². The summed E-state index contributed by atoms with van der Waals surface area (Å²) in [4.78, 5) is 22.9. The third-order valence-electron chi connectivity index (χ3n) is 3.89. The molecule has 0 aliphatic rings. The Morgan fingerprint density at radius 2 is 1.97 bits per heavy atom. The first-order valence-corrected chi connectivity index (χ1v) is 8.64. The van der Waals surface area contributed by atoms with Crippen molar-refractivity contribution in [3.05, 3.63) is 76.1 Å². The van der Waals surface area contributed by atoms with E-state index < -0.39 is 28.3 Å². The van der Waals surface area contributed by atoms with Crippen molar-refractivity contribution in [2.24, 2.45) is 0 Å².